The summed E-state index contributed by atoms with van der Waals surface area (Å²) < 4.78 is 4.61. The van der Waals surface area contributed by atoms with E-state index >= 15 is 0 Å². The van der Waals surface area contributed by atoms with Gasteiger partial charge in [0.2, 0.25) is 0 Å². The Balaban J connectivity index is 2.04. The van der Waals surface area contributed by atoms with E-state index in [0.29, 0.717) is 11.5 Å². The SMILES string of the molecule is COC(=O)c1ccc(C(=O)N[C@H](C)c2ccc(C(C)C)cc2)nc1. The zero-order chi connectivity index (χ0) is 17.7. The van der Waals surface area contributed by atoms with E-state index in [1.165, 1.54) is 31.0 Å². The molecule has 2 rings (SSSR count). The lowest BCUT2D eigenvalue weighted by atomic mass is 9.99. The van der Waals surface area contributed by atoms with Gasteiger partial charge in [-0.15, -0.1) is 0 Å². The van der Waals surface area contributed by atoms with Crippen molar-refractivity contribution in [3.8, 4) is 0 Å². The minimum Gasteiger partial charge on any atom is -0.465 e. The van der Waals surface area contributed by atoms with Crippen molar-refractivity contribution in [3.63, 3.8) is 0 Å². The van der Waals surface area contributed by atoms with Crippen LogP contribution in [0.1, 0.15) is 64.7 Å². The van der Waals surface area contributed by atoms with E-state index in [1.54, 1.807) is 0 Å². The van der Waals surface area contributed by atoms with E-state index in [2.05, 4.69) is 41.0 Å². The Morgan fingerprint density at radius 3 is 2.12 bits per heavy atom. The molecule has 1 aromatic heterocycles. The predicted octanol–water partition coefficient (Wildman–Crippen LogP) is 3.48. The molecule has 126 valence electrons. The fourth-order valence-electron chi connectivity index (χ4n) is 2.29. The smallest absolute Gasteiger partial charge is 0.339 e. The number of nitrogens with zero attached hydrogens (tertiary/aromatic N) is 1. The minimum atomic E-state index is -0.479. The number of hydrogen-bond donors (Lipinski definition) is 1. The molecule has 0 aliphatic carbocycles. The Hall–Kier alpha value is -2.69. The number of ether oxygens (including phenoxy) is 1. The largest absolute Gasteiger partial charge is 0.465 e. The number of nitrogens with one attached hydrogen (secondary N) is 1. The van der Waals surface area contributed by atoms with Crippen LogP contribution in [-0.4, -0.2) is 24.0 Å². The number of carbonyl (C=O) groups excluding carboxylic acids is 2. The number of aromatic nitrogens is 1. The van der Waals surface area contributed by atoms with Gasteiger partial charge in [0.15, 0.2) is 0 Å². The van der Waals surface area contributed by atoms with Gasteiger partial charge in [0.1, 0.15) is 5.69 Å². The van der Waals surface area contributed by atoms with Gasteiger partial charge in [0.05, 0.1) is 18.7 Å². The van der Waals surface area contributed by atoms with Crippen molar-refractivity contribution in [1.82, 2.24) is 10.3 Å². The molecule has 1 atom stereocenters. The maximum Gasteiger partial charge on any atom is 0.339 e. The van der Waals surface area contributed by atoms with Crippen molar-refractivity contribution < 1.29 is 14.3 Å². The van der Waals surface area contributed by atoms with Crippen molar-refractivity contribution in [2.75, 3.05) is 7.11 Å². The Morgan fingerprint density at radius 2 is 1.62 bits per heavy atom. The van der Waals surface area contributed by atoms with Crippen LogP contribution in [0.4, 0.5) is 0 Å². The van der Waals surface area contributed by atoms with E-state index in [4.69, 9.17) is 0 Å². The third kappa shape index (κ3) is 4.19. The third-order valence-corrected chi connectivity index (χ3v) is 3.87. The van der Waals surface area contributed by atoms with Crippen LogP contribution in [0.2, 0.25) is 0 Å². The van der Waals surface area contributed by atoms with Crippen LogP contribution in [0, 0.1) is 0 Å². The fraction of sp³-hybridized carbons (Fsp3) is 0.316. The molecule has 24 heavy (non-hydrogen) atoms. The lowest BCUT2D eigenvalue weighted by Gasteiger charge is -2.15. The average Bonchev–Trinajstić information content (AvgIpc) is 2.61. The van der Waals surface area contributed by atoms with E-state index in [1.807, 2.05) is 19.1 Å². The topological polar surface area (TPSA) is 68.3 Å². The summed E-state index contributed by atoms with van der Waals surface area (Å²) >= 11 is 0. The van der Waals surface area contributed by atoms with E-state index in [0.717, 1.165) is 5.56 Å². The van der Waals surface area contributed by atoms with Gasteiger partial charge in [-0.2, -0.15) is 0 Å². The highest BCUT2D eigenvalue weighted by molar-refractivity contribution is 5.94. The van der Waals surface area contributed by atoms with Crippen molar-refractivity contribution >= 4 is 11.9 Å². The highest BCUT2D eigenvalue weighted by Crippen LogP contribution is 2.18. The number of pyridine rings is 1. The summed E-state index contributed by atoms with van der Waals surface area (Å²) in [6.45, 7) is 6.21. The molecule has 0 saturated carbocycles. The van der Waals surface area contributed by atoms with Crippen LogP contribution >= 0.6 is 0 Å². The Bertz CT molecular complexity index is 706. The molecule has 1 heterocycles. The zero-order valence-electron chi connectivity index (χ0n) is 14.4. The van der Waals surface area contributed by atoms with Crippen LogP contribution < -0.4 is 5.32 Å². The van der Waals surface area contributed by atoms with Gasteiger partial charge in [-0.1, -0.05) is 38.1 Å². The summed E-state index contributed by atoms with van der Waals surface area (Å²) in [5.41, 5.74) is 2.86. The number of benzene rings is 1. The summed E-state index contributed by atoms with van der Waals surface area (Å²) in [7, 11) is 1.30. The minimum absolute atomic E-state index is 0.138. The zero-order valence-corrected chi connectivity index (χ0v) is 14.4. The molecular weight excluding hydrogens is 304 g/mol. The van der Waals surface area contributed by atoms with Gasteiger partial charge in [0, 0.05) is 6.20 Å². The number of methoxy groups -OCH3 is 1. The second-order valence-electron chi connectivity index (χ2n) is 5.94. The summed E-state index contributed by atoms with van der Waals surface area (Å²) in [6.07, 6.45) is 1.34. The maximum atomic E-state index is 12.3. The normalized spacial score (nSPS) is 11.9. The van der Waals surface area contributed by atoms with Crippen LogP contribution in [-0.2, 0) is 4.74 Å². The first-order valence-electron chi connectivity index (χ1n) is 7.87. The highest BCUT2D eigenvalue weighted by Gasteiger charge is 2.14. The maximum absolute atomic E-state index is 12.3. The summed E-state index contributed by atoms with van der Waals surface area (Å²) in [5.74, 6) is -0.290. The average molecular weight is 326 g/mol. The standard InChI is InChI=1S/C19H22N2O3/c1-12(2)14-5-7-15(8-6-14)13(3)21-18(22)17-10-9-16(11-20-17)19(23)24-4/h5-13H,1-4H3,(H,21,22)/t13-/m1/s1. The van der Waals surface area contributed by atoms with Gasteiger partial charge in [-0.25, -0.2) is 4.79 Å². The number of hydrogen-bond acceptors (Lipinski definition) is 4. The van der Waals surface area contributed by atoms with Crippen molar-refractivity contribution in [1.29, 1.82) is 0 Å². The molecule has 0 unspecified atom stereocenters. The van der Waals surface area contributed by atoms with Gasteiger partial charge in [0.25, 0.3) is 5.91 Å². The van der Waals surface area contributed by atoms with E-state index < -0.39 is 5.97 Å². The van der Waals surface area contributed by atoms with Gasteiger partial charge >= 0.3 is 5.97 Å². The Morgan fingerprint density at radius 1 is 1.00 bits per heavy atom. The molecule has 5 nitrogen and oxygen atoms in total. The summed E-state index contributed by atoms with van der Waals surface area (Å²) in [5, 5.41) is 2.91. The molecule has 1 N–H and O–H groups in total. The molecule has 0 aliphatic heterocycles. The van der Waals surface area contributed by atoms with Gasteiger partial charge < -0.3 is 10.1 Å². The van der Waals surface area contributed by atoms with Crippen molar-refractivity contribution in [2.45, 2.75) is 32.7 Å². The number of carbonyl (C=O) groups is 2. The lowest BCUT2D eigenvalue weighted by molar-refractivity contribution is 0.0599. The molecule has 0 bridgehead atoms. The number of rotatable bonds is 5. The molecular formula is C19H22N2O3. The third-order valence-electron chi connectivity index (χ3n) is 3.87. The second-order valence-corrected chi connectivity index (χ2v) is 5.94. The van der Waals surface area contributed by atoms with Gasteiger partial charge in [-0.05, 0) is 36.1 Å². The monoisotopic (exact) mass is 326 g/mol. The first kappa shape index (κ1) is 17.7. The molecule has 5 heteroatoms. The Kier molecular flexibility index (Phi) is 5.68. The molecule has 0 radical (unpaired) electrons. The van der Waals surface area contributed by atoms with Crippen LogP contribution in [0.25, 0.3) is 0 Å². The summed E-state index contributed by atoms with van der Waals surface area (Å²) in [6, 6.07) is 11.1. The van der Waals surface area contributed by atoms with E-state index in [9.17, 15) is 9.59 Å². The van der Waals surface area contributed by atoms with E-state index in [-0.39, 0.29) is 17.6 Å². The molecule has 1 aromatic carbocycles. The molecule has 0 spiro atoms. The first-order chi connectivity index (χ1) is 11.4. The lowest BCUT2D eigenvalue weighted by Crippen LogP contribution is -2.27. The molecule has 1 amide bonds. The van der Waals surface area contributed by atoms with Crippen LogP contribution in [0.5, 0.6) is 0 Å². The predicted molar refractivity (Wildman–Crippen MR) is 92.0 cm³/mol. The van der Waals surface area contributed by atoms with Crippen LogP contribution in [0.3, 0.4) is 0 Å². The van der Waals surface area contributed by atoms with Crippen molar-refractivity contribution in [2.24, 2.45) is 0 Å². The summed E-state index contributed by atoms with van der Waals surface area (Å²) in [4.78, 5) is 27.7. The highest BCUT2D eigenvalue weighted by atomic mass is 16.5. The fourth-order valence-corrected chi connectivity index (χ4v) is 2.29. The molecule has 0 aliphatic rings. The quantitative estimate of drug-likeness (QED) is 0.854. The molecule has 0 fully saturated rings. The molecule has 2 aromatic rings. The molecule has 0 saturated heterocycles. The van der Waals surface area contributed by atoms with Crippen LogP contribution in [0.15, 0.2) is 42.6 Å². The van der Waals surface area contributed by atoms with Crippen molar-refractivity contribution in [3.05, 3.63) is 65.0 Å². The second kappa shape index (κ2) is 7.73. The first-order valence-corrected chi connectivity index (χ1v) is 7.87. The number of amides is 1. The van der Waals surface area contributed by atoms with Gasteiger partial charge in [-0.3, -0.25) is 9.78 Å². The Labute approximate surface area is 142 Å². The number of esters is 1.